The van der Waals surface area contributed by atoms with Gasteiger partial charge in [-0.1, -0.05) is 0 Å². The van der Waals surface area contributed by atoms with Crippen LogP contribution in [0.5, 0.6) is 11.5 Å². The fourth-order valence-corrected chi connectivity index (χ4v) is 1.49. The molecule has 2 unspecified atom stereocenters. The molecule has 0 radical (unpaired) electrons. The number of benzene rings is 1. The lowest BCUT2D eigenvalue weighted by Crippen LogP contribution is -2.33. The monoisotopic (exact) mass is 344 g/mol. The number of nitrogens with two attached hydrogens (primary N) is 1. The molecule has 0 aliphatic rings. The summed E-state index contributed by atoms with van der Waals surface area (Å²) in [6.45, 7) is 1.16. The molecule has 136 valence electrons. The van der Waals surface area contributed by atoms with Crippen molar-refractivity contribution >= 4 is 11.9 Å². The molecule has 0 saturated heterocycles. The Morgan fingerprint density at radius 1 is 1.25 bits per heavy atom. The van der Waals surface area contributed by atoms with Crippen LogP contribution >= 0.6 is 0 Å². The summed E-state index contributed by atoms with van der Waals surface area (Å²) in [7, 11) is 3.05. The van der Waals surface area contributed by atoms with E-state index in [0.29, 0.717) is 17.1 Å². The molecular weight excluding hydrogens is 320 g/mol. The highest BCUT2D eigenvalue weighted by Gasteiger charge is 2.15. The van der Waals surface area contributed by atoms with Gasteiger partial charge in [0.15, 0.2) is 0 Å². The summed E-state index contributed by atoms with van der Waals surface area (Å²) in [5, 5.41) is 28.3. The maximum atomic E-state index is 11.0. The summed E-state index contributed by atoms with van der Waals surface area (Å²) in [5.41, 5.74) is 5.71. The van der Waals surface area contributed by atoms with Crippen LogP contribution in [0.15, 0.2) is 18.2 Å². The number of hydrogen-bond acceptors (Lipinski definition) is 7. The van der Waals surface area contributed by atoms with Gasteiger partial charge in [-0.05, 0) is 25.1 Å². The Balaban J connectivity index is 0.000000754. The molecule has 1 aromatic rings. The van der Waals surface area contributed by atoms with Crippen molar-refractivity contribution in [3.63, 3.8) is 0 Å². The first kappa shape index (κ1) is 21.6. The van der Waals surface area contributed by atoms with E-state index < -0.39 is 18.2 Å². The van der Waals surface area contributed by atoms with Crippen molar-refractivity contribution in [2.24, 2.45) is 5.73 Å². The first-order valence-electron chi connectivity index (χ1n) is 7.04. The van der Waals surface area contributed by atoms with Crippen LogP contribution in [-0.4, -0.2) is 60.6 Å². The smallest absolute Gasteiger partial charge is 0.332 e. The third-order valence-electron chi connectivity index (χ3n) is 2.83. The number of hydrogen-bond donors (Lipinski definition) is 5. The van der Waals surface area contributed by atoms with Crippen molar-refractivity contribution in [2.75, 3.05) is 27.3 Å². The first-order valence-corrected chi connectivity index (χ1v) is 7.04. The highest BCUT2D eigenvalue weighted by Crippen LogP contribution is 2.28. The van der Waals surface area contributed by atoms with Gasteiger partial charge in [-0.25, -0.2) is 4.79 Å². The van der Waals surface area contributed by atoms with Crippen molar-refractivity contribution in [1.82, 2.24) is 5.32 Å². The fraction of sp³-hybridized carbons (Fsp3) is 0.467. The van der Waals surface area contributed by atoms with Gasteiger partial charge in [0.05, 0.1) is 26.9 Å². The van der Waals surface area contributed by atoms with Crippen LogP contribution in [0.3, 0.4) is 0 Å². The molecule has 1 rings (SSSR count). The molecule has 2 atom stereocenters. The molecule has 24 heavy (non-hydrogen) atoms. The molecule has 0 fully saturated rings. The number of carboxylic acid groups (broad SMARTS) is 1. The summed E-state index contributed by atoms with van der Waals surface area (Å²) in [6.07, 6.45) is -2.12. The van der Waals surface area contributed by atoms with E-state index in [0.717, 1.165) is 0 Å². The van der Waals surface area contributed by atoms with Crippen molar-refractivity contribution in [3.05, 3.63) is 23.8 Å². The van der Waals surface area contributed by atoms with Gasteiger partial charge in [-0.3, -0.25) is 4.79 Å². The van der Waals surface area contributed by atoms with Crippen LogP contribution in [0.4, 0.5) is 0 Å². The highest BCUT2D eigenvalue weighted by molar-refractivity contribution is 5.77. The number of aliphatic hydroxyl groups excluding tert-OH is 2. The Morgan fingerprint density at radius 3 is 2.25 bits per heavy atom. The maximum absolute atomic E-state index is 11.0. The molecule has 0 aromatic heterocycles. The summed E-state index contributed by atoms with van der Waals surface area (Å²) in [5.74, 6) is -0.369. The Hall–Kier alpha value is -2.36. The third kappa shape index (κ3) is 7.77. The van der Waals surface area contributed by atoms with E-state index in [1.54, 1.807) is 18.2 Å². The van der Waals surface area contributed by atoms with Crippen LogP contribution in [0.1, 0.15) is 18.6 Å². The maximum Gasteiger partial charge on any atom is 0.332 e. The minimum atomic E-state index is -1.23. The second-order valence-electron chi connectivity index (χ2n) is 4.65. The second-order valence-corrected chi connectivity index (χ2v) is 4.65. The zero-order chi connectivity index (χ0) is 18.7. The number of ether oxygens (including phenoxy) is 2. The predicted molar refractivity (Wildman–Crippen MR) is 85.9 cm³/mol. The summed E-state index contributed by atoms with van der Waals surface area (Å²) in [6, 6.07) is 5.09. The normalized spacial score (nSPS) is 12.2. The van der Waals surface area contributed by atoms with E-state index >= 15 is 0 Å². The van der Waals surface area contributed by atoms with Gasteiger partial charge in [0.1, 0.15) is 17.6 Å². The van der Waals surface area contributed by atoms with Crippen LogP contribution in [0.2, 0.25) is 0 Å². The molecule has 1 aromatic carbocycles. The number of carboxylic acids is 1. The van der Waals surface area contributed by atoms with E-state index in [4.69, 9.17) is 25.4 Å². The summed E-state index contributed by atoms with van der Waals surface area (Å²) in [4.78, 5) is 20.5. The Morgan fingerprint density at radius 2 is 1.83 bits per heavy atom. The molecular formula is C15H24N2O7. The van der Waals surface area contributed by atoms with E-state index in [2.05, 4.69) is 5.32 Å². The minimum Gasteiger partial charge on any atom is -0.497 e. The summed E-state index contributed by atoms with van der Waals surface area (Å²) >= 11 is 0. The van der Waals surface area contributed by atoms with Gasteiger partial charge in [0, 0.05) is 12.1 Å². The Bertz CT molecular complexity index is 535. The number of aliphatic carboxylic acids is 1. The lowest BCUT2D eigenvalue weighted by atomic mass is 10.1. The molecule has 6 N–H and O–H groups in total. The first-order chi connectivity index (χ1) is 11.3. The fourth-order valence-electron chi connectivity index (χ4n) is 1.49. The lowest BCUT2D eigenvalue weighted by molar-refractivity contribution is -0.145. The quantitative estimate of drug-likeness (QED) is 0.434. The SMILES string of the molecule is CC(O)C(=O)O.COc1ccc(OC)c(C(O)CNC(=O)CN)c1. The van der Waals surface area contributed by atoms with Crippen LogP contribution in [0, 0.1) is 0 Å². The number of carbonyl (C=O) groups excluding carboxylic acids is 1. The number of amides is 1. The van der Waals surface area contributed by atoms with E-state index in [1.807, 2.05) is 0 Å². The molecule has 0 aliphatic heterocycles. The van der Waals surface area contributed by atoms with Gasteiger partial charge in [0.25, 0.3) is 0 Å². The van der Waals surface area contributed by atoms with E-state index in [-0.39, 0.29) is 19.0 Å². The van der Waals surface area contributed by atoms with Crippen molar-refractivity contribution < 1.29 is 34.4 Å². The number of aliphatic hydroxyl groups is 2. The Kier molecular flexibility index (Phi) is 10.1. The molecule has 0 saturated carbocycles. The van der Waals surface area contributed by atoms with Gasteiger partial charge < -0.3 is 35.8 Å². The van der Waals surface area contributed by atoms with Crippen LogP contribution < -0.4 is 20.5 Å². The standard InChI is InChI=1S/C12H18N2O4.C3H6O3/c1-17-8-3-4-11(18-2)9(5-8)10(15)7-14-12(16)6-13;1-2(4)3(5)6/h3-5,10,15H,6-7,13H2,1-2H3,(H,14,16);2,4H,1H3,(H,5,6). The van der Waals surface area contributed by atoms with Gasteiger partial charge in [0.2, 0.25) is 5.91 Å². The molecule has 1 amide bonds. The topological polar surface area (TPSA) is 151 Å². The highest BCUT2D eigenvalue weighted by atomic mass is 16.5. The Labute approximate surface area is 140 Å². The summed E-state index contributed by atoms with van der Waals surface area (Å²) < 4.78 is 10.2. The molecule has 0 spiro atoms. The number of nitrogens with one attached hydrogen (secondary N) is 1. The second kappa shape index (κ2) is 11.2. The van der Waals surface area contributed by atoms with Gasteiger partial charge >= 0.3 is 5.97 Å². The van der Waals surface area contributed by atoms with Crippen molar-refractivity contribution in [2.45, 2.75) is 19.1 Å². The zero-order valence-electron chi connectivity index (χ0n) is 13.9. The average Bonchev–Trinajstić information content (AvgIpc) is 2.58. The number of carbonyl (C=O) groups is 2. The van der Waals surface area contributed by atoms with Crippen molar-refractivity contribution in [1.29, 1.82) is 0 Å². The zero-order valence-corrected chi connectivity index (χ0v) is 13.9. The average molecular weight is 344 g/mol. The van der Waals surface area contributed by atoms with Gasteiger partial charge in [-0.15, -0.1) is 0 Å². The van der Waals surface area contributed by atoms with E-state index in [1.165, 1.54) is 21.1 Å². The third-order valence-corrected chi connectivity index (χ3v) is 2.83. The molecule has 0 heterocycles. The molecule has 0 aliphatic carbocycles. The lowest BCUT2D eigenvalue weighted by Gasteiger charge is -2.16. The van der Waals surface area contributed by atoms with Crippen LogP contribution in [0.25, 0.3) is 0 Å². The number of rotatable bonds is 7. The van der Waals surface area contributed by atoms with E-state index in [9.17, 15) is 14.7 Å². The number of methoxy groups -OCH3 is 2. The minimum absolute atomic E-state index is 0.0690. The molecule has 0 bridgehead atoms. The largest absolute Gasteiger partial charge is 0.497 e. The van der Waals surface area contributed by atoms with Crippen molar-refractivity contribution in [3.8, 4) is 11.5 Å². The molecule has 9 nitrogen and oxygen atoms in total. The van der Waals surface area contributed by atoms with Gasteiger partial charge in [-0.2, -0.15) is 0 Å². The molecule has 9 heteroatoms. The predicted octanol–water partition coefficient (Wildman–Crippen LogP) is -0.736. The van der Waals surface area contributed by atoms with Crippen LogP contribution in [-0.2, 0) is 9.59 Å².